The Balaban J connectivity index is 1.50. The van der Waals surface area contributed by atoms with Crippen LogP contribution in [-0.2, 0) is 4.79 Å². The topological polar surface area (TPSA) is 77.2 Å². The fourth-order valence-electron chi connectivity index (χ4n) is 2.18. The van der Waals surface area contributed by atoms with Crippen molar-refractivity contribution >= 4 is 23.4 Å². The van der Waals surface area contributed by atoms with Crippen LogP contribution in [0.3, 0.4) is 0 Å². The third kappa shape index (κ3) is 5.52. The Kier molecular flexibility index (Phi) is 6.02. The lowest BCUT2D eigenvalue weighted by molar-refractivity contribution is -0.118. The molecule has 1 aromatic heterocycles. The Labute approximate surface area is 157 Å². The first-order valence-corrected chi connectivity index (χ1v) is 8.76. The van der Waals surface area contributed by atoms with E-state index in [0.29, 0.717) is 39.8 Å². The van der Waals surface area contributed by atoms with E-state index < -0.39 is 5.76 Å². The quantitative estimate of drug-likeness (QED) is 0.603. The molecule has 0 saturated heterocycles. The molecular weight excluding hydrogens is 376 g/mol. The Morgan fingerprint density at radius 3 is 2.48 bits per heavy atom. The molecule has 0 aliphatic heterocycles. The van der Waals surface area contributed by atoms with Crippen LogP contribution in [0.1, 0.15) is 5.89 Å². The first-order chi connectivity index (χ1) is 13.0. The summed E-state index contributed by atoms with van der Waals surface area (Å²) in [6, 6.07) is 13.1. The van der Waals surface area contributed by atoms with Crippen LogP contribution in [0.4, 0.5) is 14.5 Å². The summed E-state index contributed by atoms with van der Waals surface area (Å²) in [6.45, 7) is 1.52. The highest BCUT2D eigenvalue weighted by Crippen LogP contribution is 2.26. The van der Waals surface area contributed by atoms with E-state index in [4.69, 9.17) is 9.26 Å². The Hall–Kier alpha value is -2.94. The van der Waals surface area contributed by atoms with Crippen molar-refractivity contribution in [3.05, 3.63) is 54.4 Å². The van der Waals surface area contributed by atoms with Crippen molar-refractivity contribution in [3.63, 3.8) is 0 Å². The van der Waals surface area contributed by atoms with E-state index >= 15 is 0 Å². The zero-order valence-corrected chi connectivity index (χ0v) is 15.0. The minimum atomic E-state index is -2.48. The third-order valence-electron chi connectivity index (χ3n) is 3.37. The molecule has 3 rings (SSSR count). The summed E-state index contributed by atoms with van der Waals surface area (Å²) in [5, 5.41) is 6.46. The Morgan fingerprint density at radius 2 is 1.89 bits per heavy atom. The van der Waals surface area contributed by atoms with E-state index in [2.05, 4.69) is 15.5 Å². The summed E-state index contributed by atoms with van der Waals surface area (Å²) in [4.78, 5) is 16.5. The number of ether oxygens (including phenoxy) is 1. The summed E-state index contributed by atoms with van der Waals surface area (Å²) in [7, 11) is 0. The van der Waals surface area contributed by atoms with Crippen LogP contribution in [0, 0.1) is 6.92 Å². The normalized spacial score (nSPS) is 10.8. The van der Waals surface area contributed by atoms with Crippen molar-refractivity contribution < 1.29 is 22.8 Å². The number of hydrogen-bond acceptors (Lipinski definition) is 6. The second kappa shape index (κ2) is 8.63. The number of anilines is 1. The van der Waals surface area contributed by atoms with Gasteiger partial charge in [-0.25, -0.2) is 0 Å². The average Bonchev–Trinajstić information content (AvgIpc) is 3.08. The maximum absolute atomic E-state index is 12.3. The van der Waals surface area contributed by atoms with Crippen molar-refractivity contribution in [3.8, 4) is 17.1 Å². The van der Waals surface area contributed by atoms with E-state index in [1.807, 2.05) is 0 Å². The first kappa shape index (κ1) is 18.8. The first-order valence-electron chi connectivity index (χ1n) is 7.88. The number of hydrogen-bond donors (Lipinski definition) is 1. The highest BCUT2D eigenvalue weighted by Gasteiger charge is 2.08. The average molecular weight is 391 g/mol. The molecule has 0 spiro atoms. The van der Waals surface area contributed by atoms with Crippen LogP contribution < -0.4 is 10.1 Å². The Bertz CT molecular complexity index is 899. The molecule has 27 heavy (non-hydrogen) atoms. The second-order valence-electron chi connectivity index (χ2n) is 5.40. The van der Waals surface area contributed by atoms with Crippen molar-refractivity contribution in [1.29, 1.82) is 0 Å². The molecule has 1 amide bonds. The molecule has 0 fully saturated rings. The van der Waals surface area contributed by atoms with Gasteiger partial charge in [-0.1, -0.05) is 16.9 Å². The third-order valence-corrected chi connectivity index (χ3v) is 4.10. The van der Waals surface area contributed by atoms with Crippen molar-refractivity contribution in [2.75, 3.05) is 11.9 Å². The van der Waals surface area contributed by atoms with Gasteiger partial charge in [-0.05, 0) is 48.5 Å². The SMILES string of the molecule is Cc1nc(-c2ccc(OCC(=O)Nc3ccc(SC(F)F)cc3)cc2)no1. The van der Waals surface area contributed by atoms with Crippen molar-refractivity contribution in [1.82, 2.24) is 10.1 Å². The van der Waals surface area contributed by atoms with Gasteiger partial charge in [-0.15, -0.1) is 0 Å². The van der Waals surface area contributed by atoms with Crippen LogP contribution in [0.15, 0.2) is 57.9 Å². The van der Waals surface area contributed by atoms with Crippen molar-refractivity contribution in [2.24, 2.45) is 0 Å². The van der Waals surface area contributed by atoms with E-state index in [1.165, 1.54) is 12.1 Å². The van der Waals surface area contributed by atoms with E-state index in [0.717, 1.165) is 5.56 Å². The van der Waals surface area contributed by atoms with Gasteiger partial charge in [0.25, 0.3) is 11.7 Å². The lowest BCUT2D eigenvalue weighted by atomic mass is 10.2. The largest absolute Gasteiger partial charge is 0.484 e. The monoisotopic (exact) mass is 391 g/mol. The van der Waals surface area contributed by atoms with Crippen LogP contribution in [0.5, 0.6) is 5.75 Å². The molecule has 1 heterocycles. The minimum Gasteiger partial charge on any atom is -0.484 e. The number of amides is 1. The number of thioether (sulfide) groups is 1. The number of carbonyl (C=O) groups excluding carboxylic acids is 1. The number of nitrogens with one attached hydrogen (secondary N) is 1. The number of nitrogens with zero attached hydrogens (tertiary/aromatic N) is 2. The summed E-state index contributed by atoms with van der Waals surface area (Å²) in [6.07, 6.45) is 0. The lowest BCUT2D eigenvalue weighted by Gasteiger charge is -2.08. The number of aromatic nitrogens is 2. The van der Waals surface area contributed by atoms with Gasteiger partial charge in [0.05, 0.1) is 0 Å². The molecule has 0 bridgehead atoms. The summed E-state index contributed by atoms with van der Waals surface area (Å²) < 4.78 is 34.9. The smallest absolute Gasteiger partial charge is 0.288 e. The molecule has 0 aliphatic carbocycles. The highest BCUT2D eigenvalue weighted by molar-refractivity contribution is 7.99. The van der Waals surface area contributed by atoms with Gasteiger partial charge in [0.1, 0.15) is 5.75 Å². The molecule has 3 aromatic rings. The molecule has 9 heteroatoms. The molecular formula is C18H15F2N3O3S. The van der Waals surface area contributed by atoms with Crippen LogP contribution in [-0.4, -0.2) is 28.4 Å². The summed E-state index contributed by atoms with van der Waals surface area (Å²) in [5.74, 6) is -1.37. The molecule has 0 unspecified atom stereocenters. The molecule has 0 radical (unpaired) electrons. The van der Waals surface area contributed by atoms with Crippen LogP contribution in [0.2, 0.25) is 0 Å². The number of alkyl halides is 2. The van der Waals surface area contributed by atoms with Crippen LogP contribution >= 0.6 is 11.8 Å². The molecule has 0 atom stereocenters. The number of rotatable bonds is 7. The van der Waals surface area contributed by atoms with Gasteiger partial charge in [0.15, 0.2) is 6.61 Å². The highest BCUT2D eigenvalue weighted by atomic mass is 32.2. The zero-order valence-electron chi connectivity index (χ0n) is 14.2. The minimum absolute atomic E-state index is 0.186. The number of benzene rings is 2. The van der Waals surface area contributed by atoms with E-state index in [1.54, 1.807) is 43.3 Å². The molecule has 1 N–H and O–H groups in total. The number of carbonyl (C=O) groups is 1. The predicted octanol–water partition coefficient (Wildman–Crippen LogP) is 4.38. The zero-order chi connectivity index (χ0) is 19.2. The number of aryl methyl sites for hydroxylation is 1. The maximum Gasteiger partial charge on any atom is 0.288 e. The van der Waals surface area contributed by atoms with Gasteiger partial charge in [-0.3, -0.25) is 4.79 Å². The summed E-state index contributed by atoms with van der Waals surface area (Å²) in [5.41, 5.74) is 1.27. The maximum atomic E-state index is 12.3. The predicted molar refractivity (Wildman–Crippen MR) is 96.9 cm³/mol. The fourth-order valence-corrected chi connectivity index (χ4v) is 2.68. The molecule has 6 nitrogen and oxygen atoms in total. The van der Waals surface area contributed by atoms with Gasteiger partial charge in [-0.2, -0.15) is 13.8 Å². The van der Waals surface area contributed by atoms with Gasteiger partial charge >= 0.3 is 0 Å². The van der Waals surface area contributed by atoms with E-state index in [-0.39, 0.29) is 12.5 Å². The Morgan fingerprint density at radius 1 is 1.19 bits per heavy atom. The molecule has 140 valence electrons. The number of halogens is 2. The van der Waals surface area contributed by atoms with Crippen LogP contribution in [0.25, 0.3) is 11.4 Å². The van der Waals surface area contributed by atoms with Gasteiger partial charge in [0, 0.05) is 23.1 Å². The van der Waals surface area contributed by atoms with E-state index in [9.17, 15) is 13.6 Å². The van der Waals surface area contributed by atoms with Crippen molar-refractivity contribution in [2.45, 2.75) is 17.6 Å². The lowest BCUT2D eigenvalue weighted by Crippen LogP contribution is -2.20. The molecule has 0 saturated carbocycles. The fraction of sp³-hybridized carbons (Fsp3) is 0.167. The molecule has 2 aromatic carbocycles. The summed E-state index contributed by atoms with van der Waals surface area (Å²) >= 11 is 0.449. The standard InChI is InChI=1S/C18H15F2N3O3S/c1-11-21-17(23-26-11)12-2-6-14(7-3-12)25-10-16(24)22-13-4-8-15(9-5-13)27-18(19)20/h2-9,18H,10H2,1H3,(H,22,24). The van der Waals surface area contributed by atoms with Gasteiger partial charge < -0.3 is 14.6 Å². The second-order valence-corrected chi connectivity index (χ2v) is 6.46. The molecule has 0 aliphatic rings. The van der Waals surface area contributed by atoms with Gasteiger partial charge in [0.2, 0.25) is 11.7 Å².